The molecule has 1 saturated heterocycles. The van der Waals surface area contributed by atoms with Gasteiger partial charge in [0.2, 0.25) is 0 Å². The summed E-state index contributed by atoms with van der Waals surface area (Å²) < 4.78 is 13.1. The first-order valence-electron chi connectivity index (χ1n) is 8.50. The number of carbonyl (C=O) groups excluding carboxylic acids is 1. The summed E-state index contributed by atoms with van der Waals surface area (Å²) in [5, 5.41) is 1.71. The summed E-state index contributed by atoms with van der Waals surface area (Å²) in [7, 11) is 0. The van der Waals surface area contributed by atoms with Crippen LogP contribution in [-0.2, 0) is 4.84 Å². The number of anilines is 1. The van der Waals surface area contributed by atoms with Gasteiger partial charge in [0.1, 0.15) is 16.5 Å². The maximum Gasteiger partial charge on any atom is 0.265 e. The molecule has 1 N–H and O–H groups in total. The van der Waals surface area contributed by atoms with Gasteiger partial charge >= 0.3 is 0 Å². The summed E-state index contributed by atoms with van der Waals surface area (Å²) >= 11 is 1.38. The van der Waals surface area contributed by atoms with Crippen LogP contribution in [0.2, 0.25) is 0 Å². The van der Waals surface area contributed by atoms with E-state index in [1.165, 1.54) is 23.5 Å². The number of hydrazine groups is 1. The van der Waals surface area contributed by atoms with Gasteiger partial charge < -0.3 is 9.74 Å². The second-order valence-electron chi connectivity index (χ2n) is 6.43. The summed E-state index contributed by atoms with van der Waals surface area (Å²) in [6, 6.07) is 6.16. The highest BCUT2D eigenvalue weighted by atomic mass is 32.1. The molecule has 4 rings (SSSR count). The van der Waals surface area contributed by atoms with Gasteiger partial charge in [-0.3, -0.25) is 4.79 Å². The lowest BCUT2D eigenvalue weighted by atomic mass is 9.96. The van der Waals surface area contributed by atoms with Gasteiger partial charge in [0.15, 0.2) is 0 Å². The molecule has 0 spiro atoms. The second kappa shape index (κ2) is 7.05. The fourth-order valence-electron chi connectivity index (χ4n) is 3.24. The Morgan fingerprint density at radius 2 is 2.19 bits per heavy atom. The average molecular weight is 374 g/mol. The van der Waals surface area contributed by atoms with E-state index in [0.29, 0.717) is 11.4 Å². The standard InChI is InChI=1S/C18H19FN4O2S/c1-12-17(26-11-20-12)18(24)22-8-2-3-13(9-22)16-10-23(21-25-16)15-6-4-14(19)5-7-15/h4-7,10-11,13,21H,2-3,8-9H2,1H3/t13-/m0/s1. The predicted octanol–water partition coefficient (Wildman–Crippen LogP) is 3.24. The number of hydrogen-bond acceptors (Lipinski definition) is 6. The molecule has 136 valence electrons. The van der Waals surface area contributed by atoms with Gasteiger partial charge in [-0.1, -0.05) is 5.59 Å². The van der Waals surface area contributed by atoms with Crippen LogP contribution in [0, 0.1) is 18.7 Å². The lowest BCUT2D eigenvalue weighted by molar-refractivity contribution is 0.0581. The van der Waals surface area contributed by atoms with Crippen molar-refractivity contribution >= 4 is 22.9 Å². The Morgan fingerprint density at radius 3 is 2.92 bits per heavy atom. The van der Waals surface area contributed by atoms with Crippen molar-refractivity contribution in [2.45, 2.75) is 19.8 Å². The molecular formula is C18H19FN4O2S. The Hall–Kier alpha value is -2.45. The first-order chi connectivity index (χ1) is 12.6. The van der Waals surface area contributed by atoms with Gasteiger partial charge in [0, 0.05) is 19.0 Å². The number of nitrogens with one attached hydrogen (secondary N) is 1. The van der Waals surface area contributed by atoms with E-state index in [2.05, 4.69) is 10.6 Å². The van der Waals surface area contributed by atoms with Crippen molar-refractivity contribution in [3.05, 3.63) is 58.1 Å². The number of nitrogens with zero attached hydrogens (tertiary/aromatic N) is 3. The molecule has 1 aromatic heterocycles. The van der Waals surface area contributed by atoms with E-state index in [1.807, 2.05) is 18.0 Å². The zero-order chi connectivity index (χ0) is 18.1. The fourth-order valence-corrected chi connectivity index (χ4v) is 4.01. The van der Waals surface area contributed by atoms with Gasteiger partial charge in [-0.25, -0.2) is 14.4 Å². The van der Waals surface area contributed by atoms with Crippen molar-refractivity contribution in [2.24, 2.45) is 5.92 Å². The Morgan fingerprint density at radius 1 is 1.38 bits per heavy atom. The molecule has 2 aliphatic rings. The highest BCUT2D eigenvalue weighted by Crippen LogP contribution is 2.29. The fraction of sp³-hybridized carbons (Fsp3) is 0.333. The van der Waals surface area contributed by atoms with Gasteiger partial charge in [-0.05, 0) is 44.0 Å². The predicted molar refractivity (Wildman–Crippen MR) is 96.7 cm³/mol. The molecule has 6 nitrogen and oxygen atoms in total. The Labute approximate surface area is 154 Å². The molecule has 1 fully saturated rings. The van der Waals surface area contributed by atoms with Gasteiger partial charge in [-0.15, -0.1) is 11.3 Å². The molecule has 1 amide bonds. The minimum absolute atomic E-state index is 0.0386. The minimum Gasteiger partial charge on any atom is -0.391 e. The molecule has 2 aromatic rings. The summed E-state index contributed by atoms with van der Waals surface area (Å²) in [6.07, 6.45) is 3.74. The van der Waals surface area contributed by atoms with Crippen LogP contribution in [0.4, 0.5) is 10.1 Å². The summed E-state index contributed by atoms with van der Waals surface area (Å²) in [4.78, 5) is 25.1. The average Bonchev–Trinajstić information content (AvgIpc) is 3.31. The van der Waals surface area contributed by atoms with Crippen molar-refractivity contribution in [3.8, 4) is 0 Å². The number of thiazole rings is 1. The lowest BCUT2D eigenvalue weighted by Crippen LogP contribution is -2.40. The number of amides is 1. The van der Waals surface area contributed by atoms with Crippen molar-refractivity contribution in [3.63, 3.8) is 0 Å². The van der Waals surface area contributed by atoms with E-state index < -0.39 is 0 Å². The quantitative estimate of drug-likeness (QED) is 0.894. The highest BCUT2D eigenvalue weighted by Gasteiger charge is 2.31. The van der Waals surface area contributed by atoms with E-state index in [9.17, 15) is 9.18 Å². The van der Waals surface area contributed by atoms with Crippen molar-refractivity contribution in [2.75, 3.05) is 18.1 Å². The molecule has 3 heterocycles. The van der Waals surface area contributed by atoms with Gasteiger partial charge in [0.25, 0.3) is 5.91 Å². The van der Waals surface area contributed by atoms with Crippen LogP contribution >= 0.6 is 11.3 Å². The van der Waals surface area contributed by atoms with Crippen molar-refractivity contribution in [1.29, 1.82) is 0 Å². The van der Waals surface area contributed by atoms with Crippen LogP contribution in [0.1, 0.15) is 28.2 Å². The third-order valence-electron chi connectivity index (χ3n) is 4.67. The Bertz CT molecular complexity index is 836. The number of likely N-dealkylation sites (tertiary alicyclic amines) is 1. The molecule has 8 heteroatoms. The number of piperidine rings is 1. The summed E-state index contributed by atoms with van der Waals surface area (Å²) in [5.74, 6) is 0.668. The molecule has 0 unspecified atom stereocenters. The maximum atomic E-state index is 13.1. The number of carbonyl (C=O) groups is 1. The maximum absolute atomic E-state index is 13.1. The molecule has 1 aromatic carbocycles. The first kappa shape index (κ1) is 17.0. The van der Waals surface area contributed by atoms with Crippen LogP contribution in [0.3, 0.4) is 0 Å². The van der Waals surface area contributed by atoms with Crippen LogP contribution in [0.15, 0.2) is 41.7 Å². The second-order valence-corrected chi connectivity index (χ2v) is 7.28. The van der Waals surface area contributed by atoms with Crippen LogP contribution in [0.5, 0.6) is 0 Å². The van der Waals surface area contributed by atoms with Crippen LogP contribution in [0.25, 0.3) is 0 Å². The molecule has 0 radical (unpaired) electrons. The zero-order valence-corrected chi connectivity index (χ0v) is 15.1. The first-order valence-corrected chi connectivity index (χ1v) is 9.38. The Balaban J connectivity index is 1.46. The van der Waals surface area contributed by atoms with E-state index in [-0.39, 0.29) is 17.6 Å². The number of hydrogen-bond donors (Lipinski definition) is 1. The number of aromatic nitrogens is 1. The van der Waals surface area contributed by atoms with Gasteiger partial charge in [-0.2, -0.15) is 0 Å². The molecular weight excluding hydrogens is 355 g/mol. The smallest absolute Gasteiger partial charge is 0.265 e. The molecule has 0 saturated carbocycles. The third kappa shape index (κ3) is 3.30. The number of benzene rings is 1. The molecule has 0 aliphatic carbocycles. The largest absolute Gasteiger partial charge is 0.391 e. The van der Waals surface area contributed by atoms with Crippen molar-refractivity contribution < 1.29 is 14.0 Å². The summed E-state index contributed by atoms with van der Waals surface area (Å²) in [6.45, 7) is 3.22. The monoisotopic (exact) mass is 374 g/mol. The highest BCUT2D eigenvalue weighted by molar-refractivity contribution is 7.11. The number of halogens is 1. The van der Waals surface area contributed by atoms with E-state index in [4.69, 9.17) is 4.84 Å². The SMILES string of the molecule is Cc1ncsc1C(=O)N1CCC[C@H](C2=CN(c3ccc(F)cc3)NO2)C1. The van der Waals surface area contributed by atoms with Crippen LogP contribution < -0.4 is 10.6 Å². The molecule has 2 aliphatic heterocycles. The summed E-state index contributed by atoms with van der Waals surface area (Å²) in [5.41, 5.74) is 6.10. The number of aryl methyl sites for hydroxylation is 1. The van der Waals surface area contributed by atoms with Gasteiger partial charge in [0.05, 0.1) is 23.1 Å². The third-order valence-corrected chi connectivity index (χ3v) is 5.59. The van der Waals surface area contributed by atoms with Crippen LogP contribution in [-0.4, -0.2) is 28.9 Å². The van der Waals surface area contributed by atoms with Crippen molar-refractivity contribution in [1.82, 2.24) is 15.5 Å². The molecule has 0 bridgehead atoms. The molecule has 1 atom stereocenters. The lowest BCUT2D eigenvalue weighted by Gasteiger charge is -2.32. The normalized spacial score (nSPS) is 20.1. The van der Waals surface area contributed by atoms with E-state index >= 15 is 0 Å². The minimum atomic E-state index is -0.280. The molecule has 26 heavy (non-hydrogen) atoms. The topological polar surface area (TPSA) is 57.7 Å². The van der Waals surface area contributed by atoms with E-state index in [0.717, 1.165) is 36.5 Å². The Kier molecular flexibility index (Phi) is 4.60. The number of rotatable bonds is 3. The van der Waals surface area contributed by atoms with E-state index in [1.54, 1.807) is 22.7 Å². The zero-order valence-electron chi connectivity index (χ0n) is 14.3.